The van der Waals surface area contributed by atoms with E-state index in [2.05, 4.69) is 14.7 Å². The molecule has 0 saturated carbocycles. The van der Waals surface area contributed by atoms with Crippen molar-refractivity contribution in [1.82, 2.24) is 14.7 Å². The van der Waals surface area contributed by atoms with Gasteiger partial charge in [0.15, 0.2) is 0 Å². The van der Waals surface area contributed by atoms with Gasteiger partial charge in [-0.05, 0) is 31.0 Å². The van der Waals surface area contributed by atoms with E-state index in [1.165, 1.54) is 0 Å². The third-order valence-electron chi connectivity index (χ3n) is 3.15. The molecule has 0 spiro atoms. The van der Waals surface area contributed by atoms with Crippen LogP contribution < -0.4 is 10.5 Å². The van der Waals surface area contributed by atoms with Gasteiger partial charge in [-0.2, -0.15) is 0 Å². The van der Waals surface area contributed by atoms with Crippen LogP contribution >= 0.6 is 0 Å². The number of nitrogens with one attached hydrogen (secondary N) is 2. The number of benzene rings is 1. The Hall–Kier alpha value is -1.86. The molecule has 4 N–H and O–H groups in total. The van der Waals surface area contributed by atoms with Crippen molar-refractivity contribution in [2.75, 3.05) is 12.3 Å². The predicted octanol–water partition coefficient (Wildman–Crippen LogP) is 1.13. The molecule has 20 heavy (non-hydrogen) atoms. The Balaban J connectivity index is 2.16. The first-order valence-corrected chi connectivity index (χ1v) is 7.72. The maximum absolute atomic E-state index is 12.4. The molecule has 0 unspecified atom stereocenters. The first-order chi connectivity index (χ1) is 9.42. The smallest absolute Gasteiger partial charge is 0.241 e. The molecule has 108 valence electrons. The number of imidazole rings is 1. The summed E-state index contributed by atoms with van der Waals surface area (Å²) in [5.41, 5.74) is 8.41. The lowest BCUT2D eigenvalue weighted by atomic mass is 10.1. The second-order valence-electron chi connectivity index (χ2n) is 4.65. The standard InChI is InChI=1S/C13H18N4O2S/c1-9-3-4-12(14)10(2)13(9)20(18,19)17-6-5-11-7-15-8-16-11/h3-4,7-8,17H,5-6,14H2,1-2H3,(H,15,16). The summed E-state index contributed by atoms with van der Waals surface area (Å²) in [5.74, 6) is 0. The molecule has 0 aliphatic heterocycles. The summed E-state index contributed by atoms with van der Waals surface area (Å²) < 4.78 is 27.3. The molecule has 7 heteroatoms. The number of aryl methyl sites for hydroxylation is 1. The molecule has 0 aliphatic carbocycles. The first-order valence-electron chi connectivity index (χ1n) is 6.24. The Bertz CT molecular complexity index is 693. The quantitative estimate of drug-likeness (QED) is 0.719. The summed E-state index contributed by atoms with van der Waals surface area (Å²) in [4.78, 5) is 7.08. The Morgan fingerprint density at radius 1 is 1.35 bits per heavy atom. The molecule has 0 bridgehead atoms. The summed E-state index contributed by atoms with van der Waals surface area (Å²) >= 11 is 0. The molecule has 1 aromatic carbocycles. The topological polar surface area (TPSA) is 101 Å². The lowest BCUT2D eigenvalue weighted by Gasteiger charge is -2.13. The number of aromatic amines is 1. The zero-order valence-electron chi connectivity index (χ0n) is 11.5. The molecule has 6 nitrogen and oxygen atoms in total. The molecule has 2 rings (SSSR count). The number of sulfonamides is 1. The fraction of sp³-hybridized carbons (Fsp3) is 0.308. The lowest BCUT2D eigenvalue weighted by Crippen LogP contribution is -2.27. The normalized spacial score (nSPS) is 11.7. The molecule has 0 aliphatic rings. The van der Waals surface area contributed by atoms with Crippen molar-refractivity contribution in [2.45, 2.75) is 25.2 Å². The fourth-order valence-electron chi connectivity index (χ4n) is 2.07. The van der Waals surface area contributed by atoms with Crippen molar-refractivity contribution in [3.8, 4) is 0 Å². The van der Waals surface area contributed by atoms with Gasteiger partial charge < -0.3 is 10.7 Å². The summed E-state index contributed by atoms with van der Waals surface area (Å²) in [6, 6.07) is 3.43. The number of nitrogen functional groups attached to an aromatic ring is 1. The lowest BCUT2D eigenvalue weighted by molar-refractivity contribution is 0.580. The van der Waals surface area contributed by atoms with Gasteiger partial charge in [-0.3, -0.25) is 0 Å². The Labute approximate surface area is 118 Å². The molecule has 0 atom stereocenters. The average Bonchev–Trinajstić information content (AvgIpc) is 2.87. The van der Waals surface area contributed by atoms with Gasteiger partial charge in [0.05, 0.1) is 11.2 Å². The van der Waals surface area contributed by atoms with E-state index < -0.39 is 10.0 Å². The highest BCUT2D eigenvalue weighted by molar-refractivity contribution is 7.89. The van der Waals surface area contributed by atoms with Crippen molar-refractivity contribution in [3.05, 3.63) is 41.5 Å². The second kappa shape index (κ2) is 5.64. The van der Waals surface area contributed by atoms with Crippen LogP contribution in [0.15, 0.2) is 29.6 Å². The summed E-state index contributed by atoms with van der Waals surface area (Å²) in [6.45, 7) is 3.78. The third kappa shape index (κ3) is 3.00. The van der Waals surface area contributed by atoms with Crippen molar-refractivity contribution in [3.63, 3.8) is 0 Å². The molecular formula is C13H18N4O2S. The Morgan fingerprint density at radius 2 is 2.10 bits per heavy atom. The number of anilines is 1. The van der Waals surface area contributed by atoms with Gasteiger partial charge in [0.2, 0.25) is 10.0 Å². The first kappa shape index (κ1) is 14.5. The van der Waals surface area contributed by atoms with E-state index in [1.54, 1.807) is 38.5 Å². The van der Waals surface area contributed by atoms with Crippen molar-refractivity contribution in [2.24, 2.45) is 0 Å². The maximum Gasteiger partial charge on any atom is 0.241 e. The van der Waals surface area contributed by atoms with E-state index in [0.29, 0.717) is 29.8 Å². The number of hydrogen-bond acceptors (Lipinski definition) is 4. The highest BCUT2D eigenvalue weighted by Crippen LogP contribution is 2.24. The van der Waals surface area contributed by atoms with Gasteiger partial charge in [-0.25, -0.2) is 18.1 Å². The minimum Gasteiger partial charge on any atom is -0.398 e. The average molecular weight is 294 g/mol. The van der Waals surface area contributed by atoms with Crippen LogP contribution in [0.4, 0.5) is 5.69 Å². The van der Waals surface area contributed by atoms with Crippen LogP contribution in [0.3, 0.4) is 0 Å². The summed E-state index contributed by atoms with van der Waals surface area (Å²) in [7, 11) is -3.56. The second-order valence-corrected chi connectivity index (χ2v) is 6.35. The molecule has 0 amide bonds. The van der Waals surface area contributed by atoms with Gasteiger partial charge in [-0.15, -0.1) is 0 Å². The predicted molar refractivity (Wildman–Crippen MR) is 77.8 cm³/mol. The van der Waals surface area contributed by atoms with E-state index in [9.17, 15) is 8.42 Å². The van der Waals surface area contributed by atoms with Crippen LogP contribution in [0, 0.1) is 13.8 Å². The Kier molecular flexibility index (Phi) is 4.10. The van der Waals surface area contributed by atoms with E-state index in [4.69, 9.17) is 5.73 Å². The maximum atomic E-state index is 12.4. The molecular weight excluding hydrogens is 276 g/mol. The largest absolute Gasteiger partial charge is 0.398 e. The molecule has 0 saturated heterocycles. The number of nitrogens with zero attached hydrogens (tertiary/aromatic N) is 1. The van der Waals surface area contributed by atoms with Crippen LogP contribution in [0.25, 0.3) is 0 Å². The fourth-order valence-corrected chi connectivity index (χ4v) is 3.60. The number of rotatable bonds is 5. The molecule has 0 fully saturated rings. The zero-order chi connectivity index (χ0) is 14.8. The summed E-state index contributed by atoms with van der Waals surface area (Å²) in [5, 5.41) is 0. The van der Waals surface area contributed by atoms with Gasteiger partial charge in [0, 0.05) is 30.5 Å². The van der Waals surface area contributed by atoms with E-state index in [-0.39, 0.29) is 4.90 Å². The van der Waals surface area contributed by atoms with E-state index >= 15 is 0 Å². The number of nitrogens with two attached hydrogens (primary N) is 1. The van der Waals surface area contributed by atoms with Gasteiger partial charge in [0.1, 0.15) is 0 Å². The van der Waals surface area contributed by atoms with Crippen LogP contribution in [0.2, 0.25) is 0 Å². The number of H-pyrrole nitrogens is 1. The number of hydrogen-bond donors (Lipinski definition) is 3. The van der Waals surface area contributed by atoms with Gasteiger partial charge in [0.25, 0.3) is 0 Å². The molecule has 1 heterocycles. The zero-order valence-corrected chi connectivity index (χ0v) is 12.3. The summed E-state index contributed by atoms with van der Waals surface area (Å²) in [6.07, 6.45) is 3.79. The molecule has 2 aromatic rings. The van der Waals surface area contributed by atoms with Crippen LogP contribution in [-0.4, -0.2) is 24.9 Å². The van der Waals surface area contributed by atoms with Gasteiger partial charge >= 0.3 is 0 Å². The highest BCUT2D eigenvalue weighted by Gasteiger charge is 2.20. The van der Waals surface area contributed by atoms with Crippen LogP contribution in [0.5, 0.6) is 0 Å². The number of aromatic nitrogens is 2. The molecule has 1 aromatic heterocycles. The van der Waals surface area contributed by atoms with Crippen LogP contribution in [0.1, 0.15) is 16.8 Å². The minimum atomic E-state index is -3.56. The van der Waals surface area contributed by atoms with E-state index in [1.807, 2.05) is 0 Å². The highest BCUT2D eigenvalue weighted by atomic mass is 32.2. The van der Waals surface area contributed by atoms with Gasteiger partial charge in [-0.1, -0.05) is 6.07 Å². The Morgan fingerprint density at radius 3 is 2.75 bits per heavy atom. The SMILES string of the molecule is Cc1ccc(N)c(C)c1S(=O)(=O)NCCc1cnc[nH]1. The minimum absolute atomic E-state index is 0.266. The monoisotopic (exact) mass is 294 g/mol. The van der Waals surface area contributed by atoms with Crippen molar-refractivity contribution >= 4 is 15.7 Å². The van der Waals surface area contributed by atoms with Crippen LogP contribution in [-0.2, 0) is 16.4 Å². The third-order valence-corrected chi connectivity index (χ3v) is 4.90. The molecule has 0 radical (unpaired) electrons. The van der Waals surface area contributed by atoms with Crippen molar-refractivity contribution in [1.29, 1.82) is 0 Å². The van der Waals surface area contributed by atoms with Crippen molar-refractivity contribution < 1.29 is 8.42 Å². The van der Waals surface area contributed by atoms with E-state index in [0.717, 1.165) is 5.69 Å².